The Hall–Kier alpha value is -5.36. The van der Waals surface area contributed by atoms with Crippen LogP contribution in [-0.2, 0) is 0 Å². The number of benzene rings is 6. The molecule has 0 amide bonds. The second kappa shape index (κ2) is 10.4. The van der Waals surface area contributed by atoms with Crippen LogP contribution in [0.25, 0.3) is 47.9 Å². The third-order valence-corrected chi connectivity index (χ3v) is 15.1. The molecule has 0 aliphatic rings. The normalized spacial score (nSPS) is 12.0. The van der Waals surface area contributed by atoms with Crippen LogP contribution in [0.5, 0.6) is 0 Å². The minimum Gasteiger partial charge on any atom is -0.278 e. The molecule has 9 aromatic rings. The summed E-state index contributed by atoms with van der Waals surface area (Å²) in [6.45, 7) is 0. The van der Waals surface area contributed by atoms with E-state index < -0.39 is 8.07 Å². The molecule has 0 spiro atoms. The average Bonchev–Trinajstić information content (AvgIpc) is 3.66. The van der Waals surface area contributed by atoms with Crippen LogP contribution in [0.15, 0.2) is 164 Å². The van der Waals surface area contributed by atoms with E-state index >= 15 is 0 Å². The van der Waals surface area contributed by atoms with Crippen molar-refractivity contribution in [2.24, 2.45) is 0 Å². The van der Waals surface area contributed by atoms with Gasteiger partial charge in [0.15, 0.2) is 0 Å². The molecule has 0 radical (unpaired) electrons. The van der Waals surface area contributed by atoms with Crippen molar-refractivity contribution < 1.29 is 0 Å². The molecule has 0 saturated heterocycles. The van der Waals surface area contributed by atoms with E-state index in [1.54, 1.807) is 0 Å². The highest BCUT2D eigenvalue weighted by atomic mass is 32.1. The van der Waals surface area contributed by atoms with Gasteiger partial charge in [-0.1, -0.05) is 133 Å². The van der Waals surface area contributed by atoms with Crippen molar-refractivity contribution in [3.05, 3.63) is 164 Å². The first-order chi connectivity index (χ1) is 22.3. The van der Waals surface area contributed by atoms with Gasteiger partial charge in [0.05, 0.1) is 11.0 Å². The van der Waals surface area contributed by atoms with Crippen molar-refractivity contribution in [2.45, 2.75) is 0 Å². The molecule has 45 heavy (non-hydrogen) atoms. The van der Waals surface area contributed by atoms with E-state index in [2.05, 4.69) is 162 Å². The van der Waals surface area contributed by atoms with Crippen LogP contribution in [0.3, 0.4) is 0 Å². The van der Waals surface area contributed by atoms with E-state index in [4.69, 9.17) is 9.97 Å². The van der Waals surface area contributed by atoms with Gasteiger partial charge in [-0.25, -0.2) is 9.97 Å². The quantitative estimate of drug-likeness (QED) is 0.151. The summed E-state index contributed by atoms with van der Waals surface area (Å²) in [6.07, 6.45) is 1.96. The third kappa shape index (κ3) is 3.88. The fraction of sp³-hybridized carbons (Fsp3) is 0. The van der Waals surface area contributed by atoms with Gasteiger partial charge in [0, 0.05) is 42.5 Å². The second-order valence-electron chi connectivity index (χ2n) is 11.4. The highest BCUT2D eigenvalue weighted by Gasteiger charge is 2.44. The minimum absolute atomic E-state index is 0.692. The van der Waals surface area contributed by atoms with Gasteiger partial charge in [-0.15, -0.1) is 11.3 Å². The highest BCUT2D eigenvalue weighted by Crippen LogP contribution is 2.34. The van der Waals surface area contributed by atoms with E-state index in [0.29, 0.717) is 5.95 Å². The van der Waals surface area contributed by atoms with Crippen molar-refractivity contribution in [3.8, 4) is 5.95 Å². The molecule has 3 aromatic heterocycles. The number of rotatable bonds is 5. The zero-order valence-electron chi connectivity index (χ0n) is 24.3. The first-order valence-corrected chi connectivity index (χ1v) is 18.0. The summed E-state index contributed by atoms with van der Waals surface area (Å²) in [5.74, 6) is 0.692. The van der Waals surface area contributed by atoms with Gasteiger partial charge in [0.25, 0.3) is 0 Å². The lowest BCUT2D eigenvalue weighted by molar-refractivity contribution is 1.000. The van der Waals surface area contributed by atoms with Gasteiger partial charge in [0.1, 0.15) is 0 Å². The molecule has 0 saturated carbocycles. The van der Waals surface area contributed by atoms with Crippen LogP contribution in [0.4, 0.5) is 0 Å². The summed E-state index contributed by atoms with van der Waals surface area (Å²) < 4.78 is 4.86. The molecule has 212 valence electrons. The Labute approximate surface area is 265 Å². The Morgan fingerprint density at radius 3 is 1.71 bits per heavy atom. The highest BCUT2D eigenvalue weighted by molar-refractivity contribution is 7.30. The number of hydrogen-bond acceptors (Lipinski definition) is 3. The minimum atomic E-state index is -2.96. The van der Waals surface area contributed by atoms with E-state index in [1.807, 2.05) is 17.5 Å². The van der Waals surface area contributed by atoms with E-state index in [9.17, 15) is 0 Å². The van der Waals surface area contributed by atoms with Crippen LogP contribution in [0.1, 0.15) is 0 Å². The predicted octanol–water partition coefficient (Wildman–Crippen LogP) is 7.32. The number of thiophene rings is 1. The fourth-order valence-corrected chi connectivity index (χ4v) is 13.5. The van der Waals surface area contributed by atoms with Gasteiger partial charge < -0.3 is 0 Å². The van der Waals surface area contributed by atoms with Gasteiger partial charge in [-0.05, 0) is 39.8 Å². The lowest BCUT2D eigenvalue weighted by atomic mass is 10.1. The number of para-hydroxylation sites is 2. The van der Waals surface area contributed by atoms with Gasteiger partial charge in [-0.3, -0.25) is 4.57 Å². The van der Waals surface area contributed by atoms with Crippen molar-refractivity contribution in [3.63, 3.8) is 0 Å². The van der Waals surface area contributed by atoms with Crippen LogP contribution < -0.4 is 20.9 Å². The third-order valence-electron chi connectivity index (χ3n) is 9.03. The Bertz CT molecular complexity index is 2410. The topological polar surface area (TPSA) is 30.7 Å². The number of fused-ring (bicyclic) bond motifs is 6. The van der Waals surface area contributed by atoms with Gasteiger partial charge in [-0.2, -0.15) is 0 Å². The van der Waals surface area contributed by atoms with Crippen molar-refractivity contribution in [2.75, 3.05) is 0 Å². The summed E-state index contributed by atoms with van der Waals surface area (Å²) in [7, 11) is -2.96. The Morgan fingerprint density at radius 2 is 1.04 bits per heavy atom. The molecule has 0 N–H and O–H groups in total. The maximum atomic E-state index is 5.60. The zero-order valence-corrected chi connectivity index (χ0v) is 26.2. The SMILES string of the molecule is c1ccc([Si](c2ccccc2)(c2ccnc(-n3c4ccccc4c4ccccc43)n2)c2cccc3c2sc2ccccc23)cc1. The van der Waals surface area contributed by atoms with E-state index in [-0.39, 0.29) is 0 Å². The zero-order chi connectivity index (χ0) is 29.8. The van der Waals surface area contributed by atoms with Crippen molar-refractivity contribution in [1.29, 1.82) is 0 Å². The predicted molar refractivity (Wildman–Crippen MR) is 193 cm³/mol. The van der Waals surface area contributed by atoms with Crippen molar-refractivity contribution in [1.82, 2.24) is 14.5 Å². The molecule has 0 fully saturated rings. The number of hydrogen-bond donors (Lipinski definition) is 0. The summed E-state index contributed by atoms with van der Waals surface area (Å²) in [5.41, 5.74) is 2.21. The standard InChI is InChI=1S/C40H27N3SSi/c1-3-14-28(15-4-1)45(29-16-5-2-6-17-29,37-25-13-21-33-32-20-9-12-24-36(32)44-39(33)37)38-26-27-41-40(42-38)43-34-22-10-7-18-30(34)31-19-8-11-23-35(31)43/h1-27H. The lowest BCUT2D eigenvalue weighted by Crippen LogP contribution is -2.75. The maximum Gasteiger partial charge on any atom is 0.234 e. The Kier molecular flexibility index (Phi) is 6.01. The van der Waals surface area contributed by atoms with E-state index in [0.717, 1.165) is 16.4 Å². The van der Waals surface area contributed by atoms with Gasteiger partial charge in [0.2, 0.25) is 14.0 Å². The smallest absolute Gasteiger partial charge is 0.234 e. The maximum absolute atomic E-state index is 5.60. The molecule has 3 heterocycles. The molecular formula is C40H27N3SSi. The van der Waals surface area contributed by atoms with Crippen LogP contribution in [-0.4, -0.2) is 22.6 Å². The summed E-state index contributed by atoms with van der Waals surface area (Å²) in [4.78, 5) is 10.5. The Balaban J connectivity index is 1.42. The molecule has 0 bridgehead atoms. The largest absolute Gasteiger partial charge is 0.278 e. The summed E-state index contributed by atoms with van der Waals surface area (Å²) in [5, 5.41) is 10.0. The molecular weight excluding hydrogens is 583 g/mol. The molecule has 0 aliphatic carbocycles. The summed E-state index contributed by atoms with van der Waals surface area (Å²) in [6, 6.07) is 57.0. The first-order valence-electron chi connectivity index (χ1n) is 15.2. The van der Waals surface area contributed by atoms with Crippen LogP contribution >= 0.6 is 11.3 Å². The second-order valence-corrected chi connectivity index (χ2v) is 16.1. The monoisotopic (exact) mass is 609 g/mol. The average molecular weight is 610 g/mol. The van der Waals surface area contributed by atoms with Crippen molar-refractivity contribution >= 4 is 82.3 Å². The molecule has 0 unspecified atom stereocenters. The molecule has 5 heteroatoms. The Morgan fingerprint density at radius 1 is 0.489 bits per heavy atom. The van der Waals surface area contributed by atoms with Crippen LogP contribution in [0.2, 0.25) is 0 Å². The summed E-state index contributed by atoms with van der Waals surface area (Å²) >= 11 is 1.89. The fourth-order valence-electron chi connectivity index (χ4n) is 7.13. The van der Waals surface area contributed by atoms with Gasteiger partial charge >= 0.3 is 0 Å². The lowest BCUT2D eigenvalue weighted by Gasteiger charge is -2.33. The number of nitrogens with zero attached hydrogens (tertiary/aromatic N) is 3. The molecule has 0 atom stereocenters. The molecule has 6 aromatic carbocycles. The molecule has 9 rings (SSSR count). The number of aromatic nitrogens is 3. The first kappa shape index (κ1) is 26.1. The van der Waals surface area contributed by atoms with E-state index in [1.165, 1.54) is 46.5 Å². The molecule has 0 aliphatic heterocycles. The van der Waals surface area contributed by atoms with Crippen LogP contribution in [0, 0.1) is 0 Å². The molecule has 3 nitrogen and oxygen atoms in total.